The molecule has 0 radical (unpaired) electrons. The molecule has 1 atom stereocenters. The lowest BCUT2D eigenvalue weighted by atomic mass is 10.1. The second-order valence-electron chi connectivity index (χ2n) is 9.59. The molecule has 1 aliphatic rings. The van der Waals surface area contributed by atoms with Crippen LogP contribution in [0.25, 0.3) is 22.4 Å². The molecule has 0 unspecified atom stereocenters. The number of hydrogen-bond acceptors (Lipinski definition) is 7. The van der Waals surface area contributed by atoms with Gasteiger partial charge in [-0.2, -0.15) is 11.8 Å². The number of aliphatic hydroxyl groups excluding tert-OH is 1. The third kappa shape index (κ3) is 5.93. The van der Waals surface area contributed by atoms with Crippen LogP contribution in [0.1, 0.15) is 17.2 Å². The molecule has 9 nitrogen and oxygen atoms in total. The van der Waals surface area contributed by atoms with E-state index in [2.05, 4.69) is 26.3 Å². The lowest BCUT2D eigenvalue weighted by molar-refractivity contribution is -0.128. The molecule has 5 rings (SSSR count). The van der Waals surface area contributed by atoms with Crippen molar-refractivity contribution in [2.45, 2.75) is 13.0 Å². The number of hydrogen-bond donors (Lipinski definition) is 4. The maximum Gasteiger partial charge on any atom is 0.261 e. The SMILES string of the molecule is CSCC(=O)N1CCN(c2cc(C)c3nc(-c4c(NC[C@@H](O)c5cccc(Cl)c5)cc[nH]c4=O)[nH]c3c2)CC1. The molecule has 4 N–H and O–H groups in total. The average Bonchev–Trinajstić information content (AvgIpc) is 3.36. The largest absolute Gasteiger partial charge is 0.387 e. The van der Waals surface area contributed by atoms with Gasteiger partial charge in [0.25, 0.3) is 5.56 Å². The summed E-state index contributed by atoms with van der Waals surface area (Å²) in [4.78, 5) is 40.2. The molecular weight excluding hydrogens is 536 g/mol. The van der Waals surface area contributed by atoms with Gasteiger partial charge in [-0.25, -0.2) is 4.98 Å². The first-order chi connectivity index (χ1) is 18.8. The van der Waals surface area contributed by atoms with Crippen molar-refractivity contribution in [3.8, 4) is 11.4 Å². The van der Waals surface area contributed by atoms with Crippen LogP contribution in [0, 0.1) is 6.92 Å². The van der Waals surface area contributed by atoms with Gasteiger partial charge in [-0.05, 0) is 54.6 Å². The number of rotatable bonds is 8. The summed E-state index contributed by atoms with van der Waals surface area (Å²) in [6.45, 7) is 5.09. The number of aromatic amines is 2. The van der Waals surface area contributed by atoms with E-state index in [1.807, 2.05) is 24.1 Å². The van der Waals surface area contributed by atoms with E-state index < -0.39 is 6.10 Å². The monoisotopic (exact) mass is 566 g/mol. The summed E-state index contributed by atoms with van der Waals surface area (Å²) in [7, 11) is 0. The zero-order valence-electron chi connectivity index (χ0n) is 21.8. The second kappa shape index (κ2) is 11.7. The molecule has 0 bridgehead atoms. The average molecular weight is 567 g/mol. The van der Waals surface area contributed by atoms with Crippen LogP contribution in [0.5, 0.6) is 0 Å². The van der Waals surface area contributed by atoms with Gasteiger partial charge in [0.05, 0.1) is 28.6 Å². The molecule has 1 amide bonds. The zero-order valence-corrected chi connectivity index (χ0v) is 23.4. The van der Waals surface area contributed by atoms with Gasteiger partial charge in [0.2, 0.25) is 5.91 Å². The van der Waals surface area contributed by atoms with Crippen LogP contribution in [-0.4, -0.2) is 75.6 Å². The van der Waals surface area contributed by atoms with Crippen LogP contribution >= 0.6 is 23.4 Å². The minimum absolute atomic E-state index is 0.185. The fourth-order valence-electron chi connectivity index (χ4n) is 4.90. The Morgan fingerprint density at radius 2 is 2.00 bits per heavy atom. The smallest absolute Gasteiger partial charge is 0.261 e. The third-order valence-electron chi connectivity index (χ3n) is 6.94. The Bertz CT molecular complexity index is 1550. The summed E-state index contributed by atoms with van der Waals surface area (Å²) >= 11 is 7.61. The van der Waals surface area contributed by atoms with Crippen molar-refractivity contribution in [3.63, 3.8) is 0 Å². The van der Waals surface area contributed by atoms with Crippen molar-refractivity contribution in [3.05, 3.63) is 75.2 Å². The van der Waals surface area contributed by atoms with Gasteiger partial charge in [0.15, 0.2) is 0 Å². The molecule has 0 aliphatic carbocycles. The Labute approximate surface area is 235 Å². The van der Waals surface area contributed by atoms with Gasteiger partial charge in [-0.3, -0.25) is 9.59 Å². The number of aryl methyl sites for hydroxylation is 1. The topological polar surface area (TPSA) is 117 Å². The van der Waals surface area contributed by atoms with E-state index in [1.165, 1.54) is 0 Å². The number of aliphatic hydroxyl groups is 1. The van der Waals surface area contributed by atoms with E-state index in [0.717, 1.165) is 35.4 Å². The maximum absolute atomic E-state index is 12.9. The molecule has 39 heavy (non-hydrogen) atoms. The summed E-state index contributed by atoms with van der Waals surface area (Å²) in [6, 6.07) is 13.0. The van der Waals surface area contributed by atoms with E-state index in [1.54, 1.807) is 48.3 Å². The quantitative estimate of drug-likeness (QED) is 0.254. The Kier molecular flexibility index (Phi) is 8.15. The normalized spacial score (nSPS) is 14.6. The first kappa shape index (κ1) is 27.1. The second-order valence-corrected chi connectivity index (χ2v) is 10.9. The molecule has 1 saturated heterocycles. The number of amides is 1. The Morgan fingerprint density at radius 1 is 1.21 bits per heavy atom. The van der Waals surface area contributed by atoms with Crippen molar-refractivity contribution < 1.29 is 9.90 Å². The van der Waals surface area contributed by atoms with Crippen LogP contribution in [0.2, 0.25) is 5.02 Å². The van der Waals surface area contributed by atoms with Gasteiger partial charge >= 0.3 is 0 Å². The van der Waals surface area contributed by atoms with Crippen molar-refractivity contribution in [2.75, 3.05) is 54.9 Å². The number of nitrogens with one attached hydrogen (secondary N) is 3. The number of pyridine rings is 1. The van der Waals surface area contributed by atoms with Crippen LogP contribution < -0.4 is 15.8 Å². The highest BCUT2D eigenvalue weighted by atomic mass is 35.5. The van der Waals surface area contributed by atoms with Crippen LogP contribution in [-0.2, 0) is 4.79 Å². The summed E-state index contributed by atoms with van der Waals surface area (Å²) in [5.41, 5.74) is 4.98. The Hall–Kier alpha value is -3.47. The van der Waals surface area contributed by atoms with Gasteiger partial charge in [0, 0.05) is 49.6 Å². The minimum atomic E-state index is -0.812. The number of nitrogens with zero attached hydrogens (tertiary/aromatic N) is 3. The number of imidazole rings is 1. The Morgan fingerprint density at radius 3 is 2.74 bits per heavy atom. The van der Waals surface area contributed by atoms with Crippen molar-refractivity contribution in [2.24, 2.45) is 0 Å². The first-order valence-electron chi connectivity index (χ1n) is 12.8. The van der Waals surface area contributed by atoms with E-state index in [0.29, 0.717) is 46.5 Å². The van der Waals surface area contributed by atoms with Gasteiger partial charge < -0.3 is 30.2 Å². The number of aromatic nitrogens is 3. The first-order valence-corrected chi connectivity index (χ1v) is 14.5. The molecule has 11 heteroatoms. The lowest BCUT2D eigenvalue weighted by Crippen LogP contribution is -2.49. The number of H-pyrrole nitrogens is 2. The number of halogens is 1. The highest BCUT2D eigenvalue weighted by Gasteiger charge is 2.22. The van der Waals surface area contributed by atoms with Crippen LogP contribution in [0.4, 0.5) is 11.4 Å². The molecule has 4 aromatic rings. The molecule has 2 aromatic heterocycles. The van der Waals surface area contributed by atoms with Gasteiger partial charge in [0.1, 0.15) is 11.4 Å². The Balaban J connectivity index is 1.38. The number of anilines is 2. The molecular formula is C28H31ClN6O3S. The molecule has 0 saturated carbocycles. The van der Waals surface area contributed by atoms with Gasteiger partial charge in [-0.1, -0.05) is 23.7 Å². The van der Waals surface area contributed by atoms with Crippen molar-refractivity contribution >= 4 is 51.7 Å². The van der Waals surface area contributed by atoms with Crippen molar-refractivity contribution in [1.82, 2.24) is 19.9 Å². The molecule has 3 heterocycles. The predicted molar refractivity (Wildman–Crippen MR) is 159 cm³/mol. The fraction of sp³-hybridized carbons (Fsp3) is 0.321. The van der Waals surface area contributed by atoms with Gasteiger partial charge in [-0.15, -0.1) is 0 Å². The fourth-order valence-corrected chi connectivity index (χ4v) is 5.53. The molecule has 1 fully saturated rings. The molecule has 1 aliphatic heterocycles. The standard InChI is InChI=1S/C28H31ClN6O3S/c1-17-12-20(34-8-10-35(11-9-34)24(37)16-39-2)14-22-26(17)33-27(32-22)25-21(6-7-30-28(25)38)31-15-23(36)18-4-3-5-19(29)13-18/h3-7,12-14,23,36H,8-11,15-16H2,1-2H3,(H,32,33)(H2,30,31,38)/t23-/m1/s1. The van der Waals surface area contributed by atoms with Crippen molar-refractivity contribution in [1.29, 1.82) is 0 Å². The third-order valence-corrected chi connectivity index (χ3v) is 7.71. The summed E-state index contributed by atoms with van der Waals surface area (Å²) in [5, 5.41) is 14.4. The highest BCUT2D eigenvalue weighted by Crippen LogP contribution is 2.30. The molecule has 204 valence electrons. The van der Waals surface area contributed by atoms with Crippen LogP contribution in [0.3, 0.4) is 0 Å². The van der Waals surface area contributed by atoms with Crippen LogP contribution in [0.15, 0.2) is 53.5 Å². The summed E-state index contributed by atoms with van der Waals surface area (Å²) in [6.07, 6.45) is 2.69. The molecule has 2 aromatic carbocycles. The summed E-state index contributed by atoms with van der Waals surface area (Å²) < 4.78 is 0. The maximum atomic E-state index is 12.9. The van der Waals surface area contributed by atoms with E-state index in [9.17, 15) is 14.7 Å². The number of piperazine rings is 1. The highest BCUT2D eigenvalue weighted by molar-refractivity contribution is 7.99. The number of fused-ring (bicyclic) bond motifs is 1. The van der Waals surface area contributed by atoms with E-state index >= 15 is 0 Å². The number of benzene rings is 2. The number of thioether (sulfide) groups is 1. The number of carbonyl (C=O) groups is 1. The molecule has 0 spiro atoms. The van der Waals surface area contributed by atoms with E-state index in [4.69, 9.17) is 16.6 Å². The number of carbonyl (C=O) groups excluding carboxylic acids is 1. The minimum Gasteiger partial charge on any atom is -0.387 e. The summed E-state index contributed by atoms with van der Waals surface area (Å²) in [5.74, 6) is 1.14. The zero-order chi connectivity index (χ0) is 27.5. The predicted octanol–water partition coefficient (Wildman–Crippen LogP) is 4.04. The lowest BCUT2D eigenvalue weighted by Gasteiger charge is -2.36. The van der Waals surface area contributed by atoms with E-state index in [-0.39, 0.29) is 18.0 Å².